The van der Waals surface area contributed by atoms with Gasteiger partial charge in [0.15, 0.2) is 0 Å². The highest BCUT2D eigenvalue weighted by Crippen LogP contribution is 2.27. The molecule has 2 saturated heterocycles. The number of anilines is 1. The van der Waals surface area contributed by atoms with Crippen LogP contribution in [0.3, 0.4) is 0 Å². The number of benzene rings is 1. The van der Waals surface area contributed by atoms with Crippen LogP contribution in [0.15, 0.2) is 24.3 Å². The van der Waals surface area contributed by atoms with Crippen LogP contribution in [0.25, 0.3) is 0 Å². The number of morpholine rings is 1. The summed E-state index contributed by atoms with van der Waals surface area (Å²) in [5.41, 5.74) is 1.31. The Kier molecular flexibility index (Phi) is 3.91. The van der Waals surface area contributed by atoms with Crippen molar-refractivity contribution in [3.05, 3.63) is 29.8 Å². The quantitative estimate of drug-likeness (QED) is 0.919. The maximum atomic E-state index is 12.3. The zero-order chi connectivity index (χ0) is 14.8. The van der Waals surface area contributed by atoms with Crippen LogP contribution >= 0.6 is 0 Å². The Hall–Kier alpha value is -1.90. The Morgan fingerprint density at radius 2 is 1.95 bits per heavy atom. The van der Waals surface area contributed by atoms with Gasteiger partial charge in [-0.25, -0.2) is 0 Å². The summed E-state index contributed by atoms with van der Waals surface area (Å²) in [6.45, 7) is 3.60. The molecular weight excluding hydrogens is 266 g/mol. The van der Waals surface area contributed by atoms with Gasteiger partial charge >= 0.3 is 0 Å². The van der Waals surface area contributed by atoms with Gasteiger partial charge in [-0.2, -0.15) is 5.26 Å². The number of amides is 1. The lowest BCUT2D eigenvalue weighted by Gasteiger charge is -2.35. The van der Waals surface area contributed by atoms with Crippen LogP contribution in [-0.2, 0) is 9.53 Å². The van der Waals surface area contributed by atoms with Gasteiger partial charge in [-0.1, -0.05) is 0 Å². The second kappa shape index (κ2) is 5.84. The van der Waals surface area contributed by atoms with Gasteiger partial charge in [-0.15, -0.1) is 0 Å². The number of rotatable bonds is 3. The molecule has 21 heavy (non-hydrogen) atoms. The topological polar surface area (TPSA) is 65.4 Å². The number of nitrogens with one attached hydrogen (secondary N) is 1. The van der Waals surface area contributed by atoms with E-state index in [2.05, 4.69) is 16.3 Å². The number of likely N-dealkylation sites (tertiary alicyclic amines) is 1. The third kappa shape index (κ3) is 3.07. The lowest BCUT2D eigenvalue weighted by atomic mass is 10.2. The molecule has 1 aromatic carbocycles. The molecule has 5 heteroatoms. The zero-order valence-corrected chi connectivity index (χ0v) is 12.1. The largest absolute Gasteiger partial charge is 0.372 e. The highest BCUT2D eigenvalue weighted by atomic mass is 16.5. The van der Waals surface area contributed by atoms with Gasteiger partial charge in [0.25, 0.3) is 0 Å². The molecule has 2 aliphatic rings. The number of hydrogen-bond donors (Lipinski definition) is 1. The van der Waals surface area contributed by atoms with E-state index < -0.39 is 0 Å². The van der Waals surface area contributed by atoms with E-state index >= 15 is 0 Å². The minimum Gasteiger partial charge on any atom is -0.372 e. The normalized spacial score (nSPS) is 26.1. The number of hydrogen-bond acceptors (Lipinski definition) is 4. The molecule has 110 valence electrons. The van der Waals surface area contributed by atoms with Gasteiger partial charge in [0.1, 0.15) is 0 Å². The van der Waals surface area contributed by atoms with Gasteiger partial charge < -0.3 is 10.1 Å². The van der Waals surface area contributed by atoms with Crippen molar-refractivity contribution in [3.8, 4) is 6.07 Å². The summed E-state index contributed by atoms with van der Waals surface area (Å²) in [5, 5.41) is 11.7. The van der Waals surface area contributed by atoms with Crippen molar-refractivity contribution in [2.24, 2.45) is 0 Å². The molecule has 0 spiro atoms. The first-order valence-corrected chi connectivity index (χ1v) is 7.36. The van der Waals surface area contributed by atoms with Gasteiger partial charge in [0, 0.05) is 18.8 Å². The summed E-state index contributed by atoms with van der Waals surface area (Å²) in [5.74, 6) is -0.0130. The third-order valence-corrected chi connectivity index (χ3v) is 4.28. The molecule has 5 nitrogen and oxygen atoms in total. The Labute approximate surface area is 124 Å². The van der Waals surface area contributed by atoms with Crippen LogP contribution in [0.5, 0.6) is 0 Å². The van der Waals surface area contributed by atoms with Crippen molar-refractivity contribution in [2.45, 2.75) is 38.0 Å². The highest BCUT2D eigenvalue weighted by molar-refractivity contribution is 5.94. The van der Waals surface area contributed by atoms with E-state index in [1.807, 2.05) is 6.92 Å². The molecule has 0 saturated carbocycles. The number of fused-ring (bicyclic) bond motifs is 2. The van der Waals surface area contributed by atoms with Crippen LogP contribution in [0.4, 0.5) is 5.69 Å². The summed E-state index contributed by atoms with van der Waals surface area (Å²) in [4.78, 5) is 14.5. The first-order chi connectivity index (χ1) is 10.2. The minimum absolute atomic E-state index is 0.0130. The van der Waals surface area contributed by atoms with Crippen molar-refractivity contribution in [2.75, 3.05) is 18.4 Å². The van der Waals surface area contributed by atoms with E-state index in [1.54, 1.807) is 24.3 Å². The van der Waals surface area contributed by atoms with E-state index in [0.29, 0.717) is 5.56 Å². The monoisotopic (exact) mass is 285 g/mol. The Balaban J connectivity index is 1.60. The van der Waals surface area contributed by atoms with E-state index in [1.165, 1.54) is 0 Å². The number of carbonyl (C=O) groups is 1. The second-order valence-corrected chi connectivity index (χ2v) is 5.77. The average Bonchev–Trinajstić information content (AvgIpc) is 2.85. The average molecular weight is 285 g/mol. The molecule has 3 unspecified atom stereocenters. The lowest BCUT2D eigenvalue weighted by Crippen LogP contribution is -2.51. The fourth-order valence-corrected chi connectivity index (χ4v) is 3.00. The number of nitrogens with zero attached hydrogens (tertiary/aromatic N) is 2. The van der Waals surface area contributed by atoms with Gasteiger partial charge in [0.2, 0.25) is 5.91 Å². The van der Waals surface area contributed by atoms with Crippen molar-refractivity contribution < 1.29 is 9.53 Å². The molecule has 1 amide bonds. The molecule has 2 aliphatic heterocycles. The smallest absolute Gasteiger partial charge is 0.241 e. The summed E-state index contributed by atoms with van der Waals surface area (Å²) >= 11 is 0. The fourth-order valence-electron chi connectivity index (χ4n) is 3.00. The first kappa shape index (κ1) is 14.1. The van der Waals surface area contributed by atoms with Crippen molar-refractivity contribution in [1.29, 1.82) is 5.26 Å². The van der Waals surface area contributed by atoms with E-state index in [-0.39, 0.29) is 24.2 Å². The molecule has 3 rings (SSSR count). The van der Waals surface area contributed by atoms with Gasteiger partial charge in [-0.05, 0) is 44.0 Å². The molecule has 0 aliphatic carbocycles. The van der Waals surface area contributed by atoms with E-state index in [0.717, 1.165) is 31.6 Å². The fraction of sp³-hybridized carbons (Fsp3) is 0.500. The highest BCUT2D eigenvalue weighted by Gasteiger charge is 2.37. The standard InChI is InChI=1S/C16H19N3O2/c1-11(19-9-14-6-7-15(10-19)21-14)16(20)18-13-4-2-12(8-17)3-5-13/h2-5,11,14-15H,6-7,9-10H2,1H3,(H,18,20). The molecular formula is C16H19N3O2. The molecule has 0 aromatic heterocycles. The third-order valence-electron chi connectivity index (χ3n) is 4.28. The maximum absolute atomic E-state index is 12.3. The van der Waals surface area contributed by atoms with Crippen molar-refractivity contribution >= 4 is 11.6 Å². The Bertz CT molecular complexity index is 552. The maximum Gasteiger partial charge on any atom is 0.241 e. The summed E-state index contributed by atoms with van der Waals surface area (Å²) in [7, 11) is 0. The predicted octanol–water partition coefficient (Wildman–Crippen LogP) is 1.75. The Morgan fingerprint density at radius 3 is 2.52 bits per heavy atom. The van der Waals surface area contributed by atoms with E-state index in [4.69, 9.17) is 10.00 Å². The van der Waals surface area contributed by atoms with Gasteiger partial charge in [-0.3, -0.25) is 9.69 Å². The molecule has 2 bridgehead atoms. The molecule has 3 atom stereocenters. The van der Waals surface area contributed by atoms with Gasteiger partial charge in [0.05, 0.1) is 29.9 Å². The summed E-state index contributed by atoms with van der Waals surface area (Å²) < 4.78 is 5.80. The molecule has 2 fully saturated rings. The molecule has 0 radical (unpaired) electrons. The van der Waals surface area contributed by atoms with E-state index in [9.17, 15) is 4.79 Å². The molecule has 2 heterocycles. The van der Waals surface area contributed by atoms with Crippen molar-refractivity contribution in [3.63, 3.8) is 0 Å². The zero-order valence-electron chi connectivity index (χ0n) is 12.1. The number of ether oxygens (including phenoxy) is 1. The molecule has 1 N–H and O–H groups in total. The first-order valence-electron chi connectivity index (χ1n) is 7.36. The van der Waals surface area contributed by atoms with Crippen LogP contribution in [0, 0.1) is 11.3 Å². The van der Waals surface area contributed by atoms with Crippen LogP contribution in [0.1, 0.15) is 25.3 Å². The van der Waals surface area contributed by atoms with Crippen LogP contribution in [0.2, 0.25) is 0 Å². The SMILES string of the molecule is CC(C(=O)Nc1ccc(C#N)cc1)N1CC2CCC(C1)O2. The number of carbonyl (C=O) groups excluding carboxylic acids is 1. The minimum atomic E-state index is -0.173. The van der Waals surface area contributed by atoms with Crippen LogP contribution in [-0.4, -0.2) is 42.1 Å². The molecule has 1 aromatic rings. The second-order valence-electron chi connectivity index (χ2n) is 5.77. The summed E-state index contributed by atoms with van der Waals surface area (Å²) in [6, 6.07) is 8.81. The van der Waals surface area contributed by atoms with Crippen molar-refractivity contribution in [1.82, 2.24) is 4.90 Å². The number of nitriles is 1. The Morgan fingerprint density at radius 1 is 1.33 bits per heavy atom. The summed E-state index contributed by atoms with van der Waals surface area (Å²) in [6.07, 6.45) is 2.78. The van der Waals surface area contributed by atoms with Crippen LogP contribution < -0.4 is 5.32 Å². The predicted molar refractivity (Wildman–Crippen MR) is 78.7 cm³/mol. The lowest BCUT2D eigenvalue weighted by molar-refractivity contribution is -0.124.